The second-order valence-electron chi connectivity index (χ2n) is 7.14. The minimum absolute atomic E-state index is 0.754. The predicted octanol–water partition coefficient (Wildman–Crippen LogP) is 5.26. The zero-order valence-electron chi connectivity index (χ0n) is 15.5. The largest absolute Gasteiger partial charge is 0.497 e. The summed E-state index contributed by atoms with van der Waals surface area (Å²) in [6.45, 7) is 0. The molecule has 0 aliphatic heterocycles. The van der Waals surface area contributed by atoms with Crippen LogP contribution in [-0.4, -0.2) is 17.3 Å². The number of rotatable bonds is 2. The molecule has 0 unspecified atom stereocenters. The van der Waals surface area contributed by atoms with Gasteiger partial charge in [0.15, 0.2) is 0 Å². The van der Waals surface area contributed by atoms with Crippen LogP contribution in [-0.2, 0) is 0 Å². The average Bonchev–Trinajstić information content (AvgIpc) is 2.76. The minimum Gasteiger partial charge on any atom is -0.497 e. The standard InChI is InChI=1S/C25H20O3/c1-28-17-12-9-16(10-13-17)19-7-4-8-20-22(19)23-18-6-3-2-5-15(18)11-14-21(23)25(27)24(20)26/h2-14,24-27H,1H3/t24-,25-/m0/s1. The van der Waals surface area contributed by atoms with E-state index < -0.39 is 12.2 Å². The van der Waals surface area contributed by atoms with Crippen LogP contribution in [0, 0.1) is 0 Å². The third-order valence-corrected chi connectivity index (χ3v) is 5.65. The summed E-state index contributed by atoms with van der Waals surface area (Å²) in [5, 5.41) is 23.8. The lowest BCUT2D eigenvalue weighted by atomic mass is 9.77. The molecule has 3 nitrogen and oxygen atoms in total. The first-order chi connectivity index (χ1) is 13.7. The third-order valence-electron chi connectivity index (χ3n) is 5.65. The van der Waals surface area contributed by atoms with Gasteiger partial charge in [0.1, 0.15) is 18.0 Å². The maximum atomic E-state index is 10.8. The fraction of sp³-hybridized carbons (Fsp3) is 0.120. The molecule has 1 aliphatic rings. The minimum atomic E-state index is -0.957. The number of ether oxygens (including phenoxy) is 1. The van der Waals surface area contributed by atoms with Gasteiger partial charge in [-0.05, 0) is 56.3 Å². The Kier molecular flexibility index (Phi) is 3.93. The van der Waals surface area contributed by atoms with Crippen LogP contribution < -0.4 is 4.74 Å². The van der Waals surface area contributed by atoms with Gasteiger partial charge < -0.3 is 14.9 Å². The number of methoxy groups -OCH3 is 1. The first-order valence-corrected chi connectivity index (χ1v) is 9.34. The van der Waals surface area contributed by atoms with Crippen molar-refractivity contribution in [1.29, 1.82) is 0 Å². The molecule has 0 aromatic heterocycles. The Morgan fingerprint density at radius 3 is 2.14 bits per heavy atom. The molecule has 0 amide bonds. The van der Waals surface area contributed by atoms with Crippen LogP contribution in [0.4, 0.5) is 0 Å². The molecule has 28 heavy (non-hydrogen) atoms. The van der Waals surface area contributed by atoms with Crippen LogP contribution in [0.3, 0.4) is 0 Å². The fourth-order valence-corrected chi connectivity index (χ4v) is 4.26. The molecular formula is C25H20O3. The lowest BCUT2D eigenvalue weighted by Gasteiger charge is -2.32. The molecule has 1 aliphatic carbocycles. The Labute approximate surface area is 163 Å². The summed E-state index contributed by atoms with van der Waals surface area (Å²) in [5.74, 6) is 0.801. The summed E-state index contributed by atoms with van der Waals surface area (Å²) < 4.78 is 5.29. The zero-order chi connectivity index (χ0) is 19.3. The lowest BCUT2D eigenvalue weighted by Crippen LogP contribution is -2.18. The van der Waals surface area contributed by atoms with Crippen LogP contribution in [0.5, 0.6) is 5.75 Å². The van der Waals surface area contributed by atoms with Crippen molar-refractivity contribution in [3.8, 4) is 28.0 Å². The van der Waals surface area contributed by atoms with E-state index >= 15 is 0 Å². The Hall–Kier alpha value is -3.14. The molecule has 138 valence electrons. The SMILES string of the molecule is COc1ccc(-c2cccc3c2-c2c(ccc4ccccc24)[C@H](O)[C@H]3O)cc1. The van der Waals surface area contributed by atoms with Gasteiger partial charge in [-0.2, -0.15) is 0 Å². The van der Waals surface area contributed by atoms with E-state index in [1.54, 1.807) is 7.11 Å². The van der Waals surface area contributed by atoms with Crippen molar-refractivity contribution in [3.05, 3.63) is 90.0 Å². The van der Waals surface area contributed by atoms with Crippen molar-refractivity contribution in [2.45, 2.75) is 12.2 Å². The zero-order valence-corrected chi connectivity index (χ0v) is 15.5. The van der Waals surface area contributed by atoms with E-state index in [4.69, 9.17) is 4.74 Å². The topological polar surface area (TPSA) is 49.7 Å². The molecule has 0 saturated heterocycles. The lowest BCUT2D eigenvalue weighted by molar-refractivity contribution is 0.0159. The Morgan fingerprint density at radius 2 is 1.39 bits per heavy atom. The van der Waals surface area contributed by atoms with Gasteiger partial charge in [0.05, 0.1) is 7.11 Å². The summed E-state index contributed by atoms with van der Waals surface area (Å²) >= 11 is 0. The van der Waals surface area contributed by atoms with Crippen molar-refractivity contribution in [2.75, 3.05) is 7.11 Å². The van der Waals surface area contributed by atoms with E-state index in [1.807, 2.05) is 60.7 Å². The maximum absolute atomic E-state index is 10.8. The van der Waals surface area contributed by atoms with Crippen molar-refractivity contribution >= 4 is 10.8 Å². The van der Waals surface area contributed by atoms with Gasteiger partial charge in [-0.3, -0.25) is 0 Å². The highest BCUT2D eigenvalue weighted by Crippen LogP contribution is 2.50. The van der Waals surface area contributed by atoms with Gasteiger partial charge >= 0.3 is 0 Å². The summed E-state index contributed by atoms with van der Waals surface area (Å²) in [5.41, 5.74) is 5.57. The quantitative estimate of drug-likeness (QED) is 0.507. The molecule has 2 N–H and O–H groups in total. The van der Waals surface area contributed by atoms with Crippen molar-refractivity contribution < 1.29 is 14.9 Å². The average molecular weight is 368 g/mol. The summed E-state index contributed by atoms with van der Waals surface area (Å²) in [6.07, 6.45) is -1.90. The monoisotopic (exact) mass is 368 g/mol. The number of hydrogen-bond donors (Lipinski definition) is 2. The Balaban J connectivity index is 1.86. The normalized spacial score (nSPS) is 17.8. The summed E-state index contributed by atoms with van der Waals surface area (Å²) in [7, 11) is 1.65. The highest BCUT2D eigenvalue weighted by molar-refractivity contribution is 6.04. The number of benzene rings is 4. The first kappa shape index (κ1) is 17.0. The van der Waals surface area contributed by atoms with Crippen LogP contribution in [0.25, 0.3) is 33.0 Å². The van der Waals surface area contributed by atoms with Gasteiger partial charge in [0, 0.05) is 0 Å². The van der Waals surface area contributed by atoms with Crippen LogP contribution >= 0.6 is 0 Å². The molecule has 4 aromatic rings. The molecule has 3 heteroatoms. The van der Waals surface area contributed by atoms with E-state index in [0.717, 1.165) is 49.9 Å². The molecule has 2 atom stereocenters. The van der Waals surface area contributed by atoms with Gasteiger partial charge in [-0.15, -0.1) is 0 Å². The number of fused-ring (bicyclic) bond motifs is 5. The molecule has 5 rings (SSSR count). The molecule has 0 fully saturated rings. The Bertz CT molecular complexity index is 1180. The second-order valence-corrected chi connectivity index (χ2v) is 7.14. The molecular weight excluding hydrogens is 348 g/mol. The predicted molar refractivity (Wildman–Crippen MR) is 111 cm³/mol. The van der Waals surface area contributed by atoms with Gasteiger partial charge in [0.2, 0.25) is 0 Å². The van der Waals surface area contributed by atoms with E-state index in [0.29, 0.717) is 0 Å². The van der Waals surface area contributed by atoms with Crippen LogP contribution in [0.1, 0.15) is 23.3 Å². The highest BCUT2D eigenvalue weighted by atomic mass is 16.5. The fourth-order valence-electron chi connectivity index (χ4n) is 4.26. The van der Waals surface area contributed by atoms with E-state index in [9.17, 15) is 10.2 Å². The summed E-state index contributed by atoms with van der Waals surface area (Å²) in [4.78, 5) is 0. The van der Waals surface area contributed by atoms with Gasteiger partial charge in [-0.25, -0.2) is 0 Å². The van der Waals surface area contributed by atoms with Crippen molar-refractivity contribution in [3.63, 3.8) is 0 Å². The van der Waals surface area contributed by atoms with Crippen molar-refractivity contribution in [1.82, 2.24) is 0 Å². The van der Waals surface area contributed by atoms with Crippen LogP contribution in [0.15, 0.2) is 78.9 Å². The molecule has 0 bridgehead atoms. The third kappa shape index (κ3) is 2.44. The smallest absolute Gasteiger partial charge is 0.118 e. The number of hydrogen-bond acceptors (Lipinski definition) is 3. The first-order valence-electron chi connectivity index (χ1n) is 9.34. The molecule has 0 saturated carbocycles. The van der Waals surface area contributed by atoms with Crippen molar-refractivity contribution in [2.24, 2.45) is 0 Å². The van der Waals surface area contributed by atoms with Gasteiger partial charge in [-0.1, -0.05) is 66.7 Å². The highest BCUT2D eigenvalue weighted by Gasteiger charge is 2.33. The Morgan fingerprint density at radius 1 is 0.679 bits per heavy atom. The molecule has 0 radical (unpaired) electrons. The number of aliphatic hydroxyl groups is 2. The van der Waals surface area contributed by atoms with E-state index in [-0.39, 0.29) is 0 Å². The maximum Gasteiger partial charge on any atom is 0.118 e. The van der Waals surface area contributed by atoms with E-state index in [2.05, 4.69) is 18.2 Å². The molecule has 0 spiro atoms. The molecule has 0 heterocycles. The second kappa shape index (κ2) is 6.48. The van der Waals surface area contributed by atoms with Crippen LogP contribution in [0.2, 0.25) is 0 Å². The van der Waals surface area contributed by atoms with Gasteiger partial charge in [0.25, 0.3) is 0 Å². The summed E-state index contributed by atoms with van der Waals surface area (Å²) in [6, 6.07) is 25.9. The number of aliphatic hydroxyl groups excluding tert-OH is 2. The molecule has 4 aromatic carbocycles. The van der Waals surface area contributed by atoms with E-state index in [1.165, 1.54) is 0 Å².